The zero-order valence-electron chi connectivity index (χ0n) is 19.8. The van der Waals surface area contributed by atoms with E-state index >= 15 is 0 Å². The first-order valence-corrected chi connectivity index (χ1v) is 12.0. The van der Waals surface area contributed by atoms with Gasteiger partial charge < -0.3 is 20.1 Å². The van der Waals surface area contributed by atoms with Crippen LogP contribution in [0.15, 0.2) is 48.5 Å². The van der Waals surface area contributed by atoms with Crippen LogP contribution in [0.4, 0.5) is 4.79 Å². The van der Waals surface area contributed by atoms with Crippen LogP contribution in [0, 0.1) is 0 Å². The number of carbonyl (C=O) groups is 3. The maximum Gasteiger partial charge on any atom is 0.407 e. The summed E-state index contributed by atoms with van der Waals surface area (Å²) < 4.78 is 5.63. The van der Waals surface area contributed by atoms with E-state index in [1.165, 1.54) is 4.90 Å². The Balaban J connectivity index is 1.39. The number of amides is 2. The average molecular weight is 465 g/mol. The lowest BCUT2D eigenvalue weighted by atomic mass is 9.98. The molecule has 2 aromatic carbocycles. The molecule has 2 unspecified atom stereocenters. The number of aliphatic carboxylic acids is 1. The summed E-state index contributed by atoms with van der Waals surface area (Å²) in [6.45, 7) is 4.20. The lowest BCUT2D eigenvalue weighted by Crippen LogP contribution is -2.52. The standard InChI is InChI=1S/C27H32N2O5/c1-3-9-18(16-24(30)29-15-8-14-27(29,2)25(31)32)28-26(33)34-17-23-21-12-6-4-10-19(21)20-11-5-7-13-22(20)23/h4-7,10-13,18,23H,3,8-9,14-17H2,1-2H3,(H,28,33)(H,31,32). The monoisotopic (exact) mass is 464 g/mol. The van der Waals surface area contributed by atoms with Crippen molar-refractivity contribution in [2.24, 2.45) is 0 Å². The minimum absolute atomic E-state index is 0.0368. The molecule has 34 heavy (non-hydrogen) atoms. The lowest BCUT2D eigenvalue weighted by molar-refractivity contribution is -0.155. The molecular formula is C27H32N2O5. The van der Waals surface area contributed by atoms with E-state index in [9.17, 15) is 19.5 Å². The minimum Gasteiger partial charge on any atom is -0.480 e. The van der Waals surface area contributed by atoms with E-state index in [2.05, 4.69) is 29.6 Å². The number of alkyl carbamates (subject to hydrolysis) is 1. The number of rotatable bonds is 8. The molecule has 4 rings (SSSR count). The molecule has 7 nitrogen and oxygen atoms in total. The van der Waals surface area contributed by atoms with Gasteiger partial charge in [0.15, 0.2) is 0 Å². The summed E-state index contributed by atoms with van der Waals surface area (Å²) in [5.74, 6) is -1.28. The van der Waals surface area contributed by atoms with Crippen molar-refractivity contribution in [3.63, 3.8) is 0 Å². The van der Waals surface area contributed by atoms with Gasteiger partial charge in [-0.3, -0.25) is 4.79 Å². The molecule has 180 valence electrons. The summed E-state index contributed by atoms with van der Waals surface area (Å²) in [6, 6.07) is 15.9. The largest absolute Gasteiger partial charge is 0.480 e. The molecular weight excluding hydrogens is 432 g/mol. The van der Waals surface area contributed by atoms with Crippen molar-refractivity contribution >= 4 is 18.0 Å². The quantitative estimate of drug-likeness (QED) is 0.598. The van der Waals surface area contributed by atoms with E-state index in [4.69, 9.17) is 4.74 Å². The molecule has 2 atom stereocenters. The Labute approximate surface area is 200 Å². The molecule has 0 saturated carbocycles. The number of benzene rings is 2. The van der Waals surface area contributed by atoms with Crippen molar-refractivity contribution in [2.45, 2.75) is 63.5 Å². The van der Waals surface area contributed by atoms with Gasteiger partial charge in [0.25, 0.3) is 0 Å². The van der Waals surface area contributed by atoms with Crippen LogP contribution in [0.5, 0.6) is 0 Å². The number of ether oxygens (including phenoxy) is 1. The smallest absolute Gasteiger partial charge is 0.407 e. The Morgan fingerprint density at radius 3 is 2.32 bits per heavy atom. The van der Waals surface area contributed by atoms with Gasteiger partial charge in [0.05, 0.1) is 0 Å². The Hall–Kier alpha value is -3.35. The van der Waals surface area contributed by atoms with Crippen molar-refractivity contribution in [3.05, 3.63) is 59.7 Å². The molecule has 1 aliphatic carbocycles. The van der Waals surface area contributed by atoms with Crippen LogP contribution < -0.4 is 5.32 Å². The first-order valence-electron chi connectivity index (χ1n) is 12.0. The van der Waals surface area contributed by atoms with Crippen molar-refractivity contribution in [2.75, 3.05) is 13.2 Å². The normalized spacial score (nSPS) is 19.9. The van der Waals surface area contributed by atoms with E-state index in [0.29, 0.717) is 25.8 Å². The second kappa shape index (κ2) is 9.87. The summed E-state index contributed by atoms with van der Waals surface area (Å²) in [4.78, 5) is 38.8. The first-order chi connectivity index (χ1) is 16.3. The Kier molecular flexibility index (Phi) is 6.91. The summed E-state index contributed by atoms with van der Waals surface area (Å²) in [5, 5.41) is 12.4. The third-order valence-corrected chi connectivity index (χ3v) is 7.13. The number of nitrogens with one attached hydrogen (secondary N) is 1. The van der Waals surface area contributed by atoms with Gasteiger partial charge in [0.1, 0.15) is 12.1 Å². The fourth-order valence-corrected chi connectivity index (χ4v) is 5.29. The molecule has 2 aliphatic rings. The van der Waals surface area contributed by atoms with Gasteiger partial charge in [0, 0.05) is 24.9 Å². The van der Waals surface area contributed by atoms with Gasteiger partial charge >= 0.3 is 12.1 Å². The second-order valence-electron chi connectivity index (χ2n) is 9.39. The highest BCUT2D eigenvalue weighted by molar-refractivity contribution is 5.88. The van der Waals surface area contributed by atoms with Crippen LogP contribution in [0.3, 0.4) is 0 Å². The molecule has 7 heteroatoms. The Bertz CT molecular complexity index is 1040. The van der Waals surface area contributed by atoms with Gasteiger partial charge in [-0.15, -0.1) is 0 Å². The van der Waals surface area contributed by atoms with Crippen LogP contribution in [-0.2, 0) is 14.3 Å². The molecule has 1 saturated heterocycles. The maximum absolute atomic E-state index is 12.9. The molecule has 0 radical (unpaired) electrons. The fourth-order valence-electron chi connectivity index (χ4n) is 5.29. The number of likely N-dealkylation sites (tertiary alicyclic amines) is 1. The van der Waals surface area contributed by atoms with Crippen LogP contribution in [0.25, 0.3) is 11.1 Å². The first kappa shape index (κ1) is 23.8. The summed E-state index contributed by atoms with van der Waals surface area (Å²) in [6.07, 6.45) is 1.97. The van der Waals surface area contributed by atoms with Gasteiger partial charge in [-0.05, 0) is 48.4 Å². The molecule has 0 bridgehead atoms. The minimum atomic E-state index is -1.18. The number of nitrogens with zero attached hydrogens (tertiary/aromatic N) is 1. The van der Waals surface area contributed by atoms with E-state index in [1.807, 2.05) is 31.2 Å². The van der Waals surface area contributed by atoms with Crippen LogP contribution in [0.1, 0.15) is 63.0 Å². The molecule has 2 aromatic rings. The molecule has 1 fully saturated rings. The van der Waals surface area contributed by atoms with E-state index in [1.54, 1.807) is 6.92 Å². The van der Waals surface area contributed by atoms with Gasteiger partial charge in [0.2, 0.25) is 5.91 Å². The summed E-state index contributed by atoms with van der Waals surface area (Å²) >= 11 is 0. The van der Waals surface area contributed by atoms with Crippen LogP contribution in [0.2, 0.25) is 0 Å². The highest BCUT2D eigenvalue weighted by Gasteiger charge is 2.46. The van der Waals surface area contributed by atoms with Crippen molar-refractivity contribution in [3.8, 4) is 11.1 Å². The number of fused-ring (bicyclic) bond motifs is 3. The van der Waals surface area contributed by atoms with Crippen LogP contribution >= 0.6 is 0 Å². The SMILES string of the molecule is CCCC(CC(=O)N1CCCC1(C)C(=O)O)NC(=O)OCC1c2ccccc2-c2ccccc21. The zero-order chi connectivity index (χ0) is 24.3. The predicted molar refractivity (Wildman–Crippen MR) is 129 cm³/mol. The lowest BCUT2D eigenvalue weighted by Gasteiger charge is -2.32. The number of hydrogen-bond acceptors (Lipinski definition) is 4. The summed E-state index contributed by atoms with van der Waals surface area (Å²) in [7, 11) is 0. The third-order valence-electron chi connectivity index (χ3n) is 7.13. The highest BCUT2D eigenvalue weighted by Crippen LogP contribution is 2.44. The number of carbonyl (C=O) groups excluding carboxylic acids is 2. The molecule has 1 aliphatic heterocycles. The van der Waals surface area contributed by atoms with Crippen molar-refractivity contribution in [1.29, 1.82) is 0 Å². The molecule has 2 amide bonds. The number of carboxylic acids is 1. The van der Waals surface area contributed by atoms with Crippen molar-refractivity contribution < 1.29 is 24.2 Å². The van der Waals surface area contributed by atoms with Crippen molar-refractivity contribution in [1.82, 2.24) is 10.2 Å². The molecule has 1 heterocycles. The van der Waals surface area contributed by atoms with E-state index in [0.717, 1.165) is 28.7 Å². The fraction of sp³-hybridized carbons (Fsp3) is 0.444. The topological polar surface area (TPSA) is 95.9 Å². The van der Waals surface area contributed by atoms with Crippen LogP contribution in [-0.4, -0.2) is 52.7 Å². The predicted octanol–water partition coefficient (Wildman–Crippen LogP) is 4.55. The average Bonchev–Trinajstić information content (AvgIpc) is 3.37. The van der Waals surface area contributed by atoms with Gasteiger partial charge in [-0.1, -0.05) is 61.9 Å². The number of carboxylic acid groups (broad SMARTS) is 1. The summed E-state index contributed by atoms with van der Waals surface area (Å²) in [5.41, 5.74) is 3.41. The van der Waals surface area contributed by atoms with E-state index < -0.39 is 23.6 Å². The van der Waals surface area contributed by atoms with Gasteiger partial charge in [-0.2, -0.15) is 0 Å². The Morgan fingerprint density at radius 1 is 1.12 bits per heavy atom. The molecule has 0 spiro atoms. The Morgan fingerprint density at radius 2 is 1.74 bits per heavy atom. The molecule has 2 N–H and O–H groups in total. The van der Waals surface area contributed by atoms with Gasteiger partial charge in [-0.25, -0.2) is 9.59 Å². The zero-order valence-corrected chi connectivity index (χ0v) is 19.8. The number of hydrogen-bond donors (Lipinski definition) is 2. The molecule has 0 aromatic heterocycles. The van der Waals surface area contributed by atoms with E-state index in [-0.39, 0.29) is 24.9 Å². The highest BCUT2D eigenvalue weighted by atomic mass is 16.5. The second-order valence-corrected chi connectivity index (χ2v) is 9.39. The maximum atomic E-state index is 12.9. The third kappa shape index (κ3) is 4.52.